The molecule has 1 heterocycles. The molecule has 1 fully saturated rings. The van der Waals surface area contributed by atoms with Crippen molar-refractivity contribution < 1.29 is 100 Å². The molecule has 1 unspecified atom stereocenters. The fourth-order valence-electron chi connectivity index (χ4n) is 12.5. The number of nitrogens with zero attached hydrogens (tertiary/aromatic N) is 4. The predicted molar refractivity (Wildman–Crippen MR) is 427 cm³/mol. The second kappa shape index (κ2) is 48.7. The molecule has 9 N–H and O–H groups in total. The van der Waals surface area contributed by atoms with Crippen molar-refractivity contribution in [3.63, 3.8) is 0 Å². The summed E-state index contributed by atoms with van der Waals surface area (Å²) in [6, 6.07) is 16.7. The summed E-state index contributed by atoms with van der Waals surface area (Å²) in [7, 11) is 0. The van der Waals surface area contributed by atoms with E-state index < -0.39 is 106 Å². The molecule has 5 rings (SSSR count). The number of fused-ring (bicyclic) bond motifs is 3. The number of rotatable bonds is 44. The number of nitrogens with two attached hydrogens (primary N) is 1. The number of phenols is 1. The molecule has 0 aromatic heterocycles. The van der Waals surface area contributed by atoms with Crippen LogP contribution in [0.25, 0.3) is 11.1 Å². The molecule has 2 aliphatic rings. The number of alkyl carbamates (subject to hydrolysis) is 1. The van der Waals surface area contributed by atoms with E-state index in [-0.39, 0.29) is 161 Å². The zero-order valence-corrected chi connectivity index (χ0v) is 69.6. The summed E-state index contributed by atoms with van der Waals surface area (Å²) in [5.74, 6) is -4.73. The van der Waals surface area contributed by atoms with Gasteiger partial charge in [0, 0.05) is 90.8 Å². The Morgan fingerprint density at radius 1 is 0.474 bits per heavy atom. The van der Waals surface area contributed by atoms with E-state index in [1.807, 2.05) is 68.1 Å². The van der Waals surface area contributed by atoms with Crippen molar-refractivity contribution in [1.82, 2.24) is 51.5 Å². The summed E-state index contributed by atoms with van der Waals surface area (Å²) in [6.07, 6.45) is -0.543. The number of carbonyl (C=O) groups excluding carboxylic acids is 10. The normalized spacial score (nSPS) is 15.4. The van der Waals surface area contributed by atoms with Crippen molar-refractivity contribution in [3.05, 3.63) is 89.5 Å². The SMILES string of the molecule is CC(C)[C@H](NC(=O)OCC1c2ccccc2-c2ccccc21)C(=O)N[C@@H](CCCNC(N)=O)C(=O)N[C@@H](Cc1ccc(O)cc1)C(=O)NCCOCCOCCOCCOCCOCCNC(=O)CCC(C(=O)OC(C)(C)C)N1CCN(CC(=O)OC(C)(C)C)CCN(CC(=O)OC(C)(C)C)CCN(CC(=O)OC(C)(C)C)CC1. The predicted octanol–water partition coefficient (Wildman–Crippen LogP) is 4.97. The van der Waals surface area contributed by atoms with E-state index in [1.165, 1.54) is 12.1 Å². The zero-order valence-electron chi connectivity index (χ0n) is 69.6. The van der Waals surface area contributed by atoms with E-state index in [4.69, 9.17) is 53.1 Å². The Bertz CT molecular complexity index is 3410. The average molecular weight is 1600 g/mol. The highest BCUT2D eigenvalue weighted by Gasteiger charge is 2.36. The zero-order chi connectivity index (χ0) is 84.0. The Hall–Kier alpha value is -8.60. The standard InChI is InChI=1S/C82H129N11O21/c1-57(2)72(89-78(104)110-56-64-62-22-17-15-20-60(62)61-21-16-18-23-63(61)64)75(101)87-65(24-19-31-86-77(83)103)74(100)88-66(52-58-25-27-59(94)28-26-58)73(99)85-33-43-106-45-47-108-49-51-109-50-48-107-46-44-105-42-32-84-68(95)30-29-67(76(102)114-82(12,13)14)93-40-38-91(54-70(97)112-80(6,7)8)36-34-90(53-69(96)111-79(3,4)5)35-37-92(39-41-93)55-71(98)113-81(9,10)11/h15-18,20-23,25-28,57,64-67,72,94H,19,24,29-56H2,1-14H3,(H,84,95)(H,85,99)(H,87,101)(H,88,100)(H,89,104)(H3,83,86,103)/t65-,66-,67?,72-/m0/s1. The number of amides is 7. The Kier molecular flexibility index (Phi) is 41.0. The van der Waals surface area contributed by atoms with Crippen LogP contribution in [0.4, 0.5) is 9.59 Å². The third kappa shape index (κ3) is 39.2. The number of benzene rings is 3. The molecule has 114 heavy (non-hydrogen) atoms. The fourth-order valence-corrected chi connectivity index (χ4v) is 12.5. The van der Waals surface area contributed by atoms with Crippen molar-refractivity contribution in [2.24, 2.45) is 11.7 Å². The van der Waals surface area contributed by atoms with Gasteiger partial charge < -0.3 is 90.1 Å². The van der Waals surface area contributed by atoms with Crippen LogP contribution < -0.4 is 37.6 Å². The number of aromatic hydroxyl groups is 1. The van der Waals surface area contributed by atoms with E-state index in [2.05, 4.69) is 31.9 Å². The summed E-state index contributed by atoms with van der Waals surface area (Å²) >= 11 is 0. The molecule has 1 aliphatic heterocycles. The number of urea groups is 1. The fraction of sp³-hybridized carbons (Fsp3) is 0.659. The first kappa shape index (κ1) is 96.0. The van der Waals surface area contributed by atoms with Crippen LogP contribution in [0.15, 0.2) is 72.8 Å². The molecule has 32 nitrogen and oxygen atoms in total. The van der Waals surface area contributed by atoms with Crippen LogP contribution in [0.3, 0.4) is 0 Å². The maximum Gasteiger partial charge on any atom is 0.407 e. The highest BCUT2D eigenvalue weighted by molar-refractivity contribution is 5.94. The van der Waals surface area contributed by atoms with E-state index in [0.717, 1.165) is 22.3 Å². The Morgan fingerprint density at radius 3 is 1.33 bits per heavy atom. The Balaban J connectivity index is 1.02. The highest BCUT2D eigenvalue weighted by atomic mass is 16.6. The third-order valence-electron chi connectivity index (χ3n) is 17.7. The number of ether oxygens (including phenoxy) is 10. The Morgan fingerprint density at radius 2 is 0.895 bits per heavy atom. The largest absolute Gasteiger partial charge is 0.508 e. The van der Waals surface area contributed by atoms with E-state index in [9.17, 15) is 53.1 Å². The van der Waals surface area contributed by atoms with Gasteiger partial charge in [0.1, 0.15) is 58.9 Å². The molecule has 4 atom stereocenters. The molecular weight excluding hydrogens is 1470 g/mol. The minimum absolute atomic E-state index is 0.00273. The van der Waals surface area contributed by atoms with Gasteiger partial charge in [-0.1, -0.05) is 74.5 Å². The number of carbonyl (C=O) groups is 10. The number of esters is 4. The van der Waals surface area contributed by atoms with Crippen LogP contribution in [0.5, 0.6) is 5.75 Å². The number of hydrogen-bond acceptors (Lipinski definition) is 25. The molecular formula is C82H129N11O21. The van der Waals surface area contributed by atoms with Gasteiger partial charge in [0.2, 0.25) is 23.6 Å². The van der Waals surface area contributed by atoms with Gasteiger partial charge in [0.25, 0.3) is 0 Å². The molecule has 0 saturated carbocycles. The number of primary amides is 1. The van der Waals surface area contributed by atoms with Gasteiger partial charge >= 0.3 is 36.0 Å². The minimum Gasteiger partial charge on any atom is -0.508 e. The second-order valence-electron chi connectivity index (χ2n) is 32.5. The lowest BCUT2D eigenvalue weighted by Gasteiger charge is -2.37. The molecule has 3 aromatic carbocycles. The van der Waals surface area contributed by atoms with Gasteiger partial charge in [0.05, 0.1) is 85.7 Å². The van der Waals surface area contributed by atoms with Crippen LogP contribution in [-0.2, 0) is 92.1 Å². The van der Waals surface area contributed by atoms with Crippen molar-refractivity contribution in [2.75, 3.05) is 164 Å². The van der Waals surface area contributed by atoms with Crippen molar-refractivity contribution in [3.8, 4) is 16.9 Å². The summed E-state index contributed by atoms with van der Waals surface area (Å²) in [5.41, 5.74) is 7.01. The quantitative estimate of drug-likeness (QED) is 0.0210. The second-order valence-corrected chi connectivity index (χ2v) is 32.5. The van der Waals surface area contributed by atoms with Gasteiger partial charge in [-0.3, -0.25) is 58.0 Å². The number of nitrogens with one attached hydrogen (secondary N) is 6. The van der Waals surface area contributed by atoms with Crippen LogP contribution in [0, 0.1) is 5.92 Å². The monoisotopic (exact) mass is 1600 g/mol. The first-order valence-corrected chi connectivity index (χ1v) is 39.6. The van der Waals surface area contributed by atoms with Gasteiger partial charge in [0.15, 0.2) is 0 Å². The van der Waals surface area contributed by atoms with Crippen LogP contribution in [0.2, 0.25) is 0 Å². The first-order valence-electron chi connectivity index (χ1n) is 39.6. The third-order valence-corrected chi connectivity index (χ3v) is 17.7. The van der Waals surface area contributed by atoms with E-state index in [1.54, 1.807) is 109 Å². The molecule has 1 aliphatic carbocycles. The average Bonchev–Trinajstić information content (AvgIpc) is 1.61. The van der Waals surface area contributed by atoms with Gasteiger partial charge in [-0.2, -0.15) is 0 Å². The van der Waals surface area contributed by atoms with E-state index in [0.29, 0.717) is 58.0 Å². The smallest absolute Gasteiger partial charge is 0.407 e. The van der Waals surface area contributed by atoms with Gasteiger partial charge in [-0.15, -0.1) is 0 Å². The maximum absolute atomic E-state index is 14.3. The van der Waals surface area contributed by atoms with Gasteiger partial charge in [-0.25, -0.2) is 9.59 Å². The minimum atomic E-state index is -1.24. The first-order chi connectivity index (χ1) is 53.8. The summed E-state index contributed by atoms with van der Waals surface area (Å²) in [4.78, 5) is 143. The molecule has 0 radical (unpaired) electrons. The van der Waals surface area contributed by atoms with Gasteiger partial charge in [-0.05, 0) is 148 Å². The van der Waals surface area contributed by atoms with E-state index >= 15 is 0 Å². The Labute approximate surface area is 672 Å². The van der Waals surface area contributed by atoms with Crippen LogP contribution in [-0.4, -0.2) is 295 Å². The molecule has 3 aromatic rings. The lowest BCUT2D eigenvalue weighted by Crippen LogP contribution is -2.58. The molecule has 0 bridgehead atoms. The summed E-state index contributed by atoms with van der Waals surface area (Å²) in [6.45, 7) is 30.1. The van der Waals surface area contributed by atoms with Crippen molar-refractivity contribution >= 4 is 59.6 Å². The molecule has 7 amide bonds. The summed E-state index contributed by atoms with van der Waals surface area (Å²) in [5, 5.41) is 26.4. The lowest BCUT2D eigenvalue weighted by atomic mass is 9.98. The summed E-state index contributed by atoms with van der Waals surface area (Å²) < 4.78 is 57.2. The van der Waals surface area contributed by atoms with Crippen LogP contribution in [0.1, 0.15) is 145 Å². The van der Waals surface area contributed by atoms with Crippen molar-refractivity contribution in [1.29, 1.82) is 0 Å². The lowest BCUT2D eigenvalue weighted by molar-refractivity contribution is -0.163. The number of phenolic OH excluding ortho intramolecular Hbond substituents is 1. The number of hydrogen-bond donors (Lipinski definition) is 8. The van der Waals surface area contributed by atoms with Crippen LogP contribution >= 0.6 is 0 Å². The molecule has 1 saturated heterocycles. The maximum atomic E-state index is 14.3. The highest BCUT2D eigenvalue weighted by Crippen LogP contribution is 2.44. The molecule has 638 valence electrons. The molecule has 0 spiro atoms. The van der Waals surface area contributed by atoms with Crippen molar-refractivity contribution in [2.45, 2.75) is 182 Å². The molecule has 32 heteroatoms. The topological polar surface area (TPSA) is 394 Å².